The van der Waals surface area contributed by atoms with Gasteiger partial charge in [0.1, 0.15) is 13.2 Å². The van der Waals surface area contributed by atoms with E-state index in [0.717, 1.165) is 0 Å². The summed E-state index contributed by atoms with van der Waals surface area (Å²) in [5.41, 5.74) is -0.543. The molecule has 6 heteroatoms. The Hall–Kier alpha value is -2.24. The summed E-state index contributed by atoms with van der Waals surface area (Å²) < 4.78 is 10.8. The number of amides is 1. The summed E-state index contributed by atoms with van der Waals surface area (Å²) in [4.78, 5) is 22.8. The van der Waals surface area contributed by atoms with Gasteiger partial charge in [-0.05, 0) is 26.0 Å². The Labute approximate surface area is 116 Å². The maximum Gasteiger partial charge on any atom is 0.309 e. The van der Waals surface area contributed by atoms with Gasteiger partial charge in [0, 0.05) is 18.2 Å². The first-order chi connectivity index (χ1) is 9.38. The second-order valence-electron chi connectivity index (χ2n) is 5.27. The number of rotatable bonds is 4. The number of carboxylic acid groups (broad SMARTS) is 1. The molecule has 20 heavy (non-hydrogen) atoms. The molecule has 108 valence electrons. The lowest BCUT2D eigenvalue weighted by atomic mass is 9.89. The van der Waals surface area contributed by atoms with E-state index in [4.69, 9.17) is 14.6 Å². The third-order valence-corrected chi connectivity index (χ3v) is 3.01. The fourth-order valence-electron chi connectivity index (χ4n) is 1.80. The zero-order valence-electron chi connectivity index (χ0n) is 11.4. The van der Waals surface area contributed by atoms with Crippen molar-refractivity contribution in [2.75, 3.05) is 18.5 Å². The molecular formula is C14H17NO5. The van der Waals surface area contributed by atoms with Crippen molar-refractivity contribution in [3.8, 4) is 11.5 Å². The van der Waals surface area contributed by atoms with Crippen molar-refractivity contribution in [1.29, 1.82) is 0 Å². The van der Waals surface area contributed by atoms with Crippen molar-refractivity contribution < 1.29 is 24.2 Å². The van der Waals surface area contributed by atoms with E-state index in [1.54, 1.807) is 18.2 Å². The summed E-state index contributed by atoms with van der Waals surface area (Å²) in [5, 5.41) is 11.7. The molecule has 0 atom stereocenters. The Kier molecular flexibility index (Phi) is 3.83. The van der Waals surface area contributed by atoms with Gasteiger partial charge in [0.15, 0.2) is 11.5 Å². The monoisotopic (exact) mass is 279 g/mol. The number of hydrogen-bond acceptors (Lipinski definition) is 4. The minimum absolute atomic E-state index is 0.100. The summed E-state index contributed by atoms with van der Waals surface area (Å²) in [6, 6.07) is 5.08. The van der Waals surface area contributed by atoms with Crippen LogP contribution in [0.15, 0.2) is 18.2 Å². The third-order valence-electron chi connectivity index (χ3n) is 3.01. The number of hydrogen-bond donors (Lipinski definition) is 2. The van der Waals surface area contributed by atoms with Crippen LogP contribution in [-0.4, -0.2) is 30.2 Å². The Balaban J connectivity index is 2.03. The van der Waals surface area contributed by atoms with Crippen LogP contribution in [0.25, 0.3) is 0 Å². The molecule has 1 amide bonds. The van der Waals surface area contributed by atoms with Crippen LogP contribution < -0.4 is 14.8 Å². The zero-order chi connectivity index (χ0) is 14.8. The number of carbonyl (C=O) groups is 2. The summed E-state index contributed by atoms with van der Waals surface area (Å²) >= 11 is 0. The largest absolute Gasteiger partial charge is 0.486 e. The lowest BCUT2D eigenvalue weighted by Gasteiger charge is -2.20. The molecule has 0 bridgehead atoms. The molecule has 1 aromatic rings. The molecule has 0 unspecified atom stereocenters. The topological polar surface area (TPSA) is 84.9 Å². The number of benzene rings is 1. The molecule has 1 aliphatic rings. The minimum Gasteiger partial charge on any atom is -0.486 e. The van der Waals surface area contributed by atoms with E-state index in [-0.39, 0.29) is 12.3 Å². The van der Waals surface area contributed by atoms with E-state index < -0.39 is 11.4 Å². The van der Waals surface area contributed by atoms with Gasteiger partial charge in [-0.1, -0.05) is 0 Å². The van der Waals surface area contributed by atoms with Crippen molar-refractivity contribution in [1.82, 2.24) is 0 Å². The van der Waals surface area contributed by atoms with Crippen LogP contribution >= 0.6 is 0 Å². The minimum atomic E-state index is -1.10. The number of ether oxygens (including phenoxy) is 2. The van der Waals surface area contributed by atoms with Crippen molar-refractivity contribution >= 4 is 17.6 Å². The number of carboxylic acids is 1. The maximum atomic E-state index is 11.9. The van der Waals surface area contributed by atoms with Gasteiger partial charge >= 0.3 is 5.97 Å². The van der Waals surface area contributed by atoms with E-state index in [1.807, 2.05) is 0 Å². The van der Waals surface area contributed by atoms with Gasteiger partial charge in [-0.25, -0.2) is 0 Å². The average molecular weight is 279 g/mol. The highest BCUT2D eigenvalue weighted by molar-refractivity contribution is 5.94. The molecule has 0 radical (unpaired) electrons. The van der Waals surface area contributed by atoms with Crippen LogP contribution in [0, 0.1) is 5.41 Å². The van der Waals surface area contributed by atoms with Crippen LogP contribution in [0.3, 0.4) is 0 Å². The van der Waals surface area contributed by atoms with Crippen molar-refractivity contribution in [3.63, 3.8) is 0 Å². The standard InChI is InChI=1S/C14H17NO5/c1-14(2,13(17)18)8-12(16)15-9-3-4-10-11(7-9)20-6-5-19-10/h3-4,7H,5-6,8H2,1-2H3,(H,15,16)(H,17,18). The first kappa shape index (κ1) is 14.2. The molecular weight excluding hydrogens is 262 g/mol. The molecule has 1 aliphatic heterocycles. The Morgan fingerprint density at radius 2 is 1.90 bits per heavy atom. The predicted molar refractivity (Wildman–Crippen MR) is 72.1 cm³/mol. The average Bonchev–Trinajstić information content (AvgIpc) is 2.37. The quantitative estimate of drug-likeness (QED) is 0.879. The normalized spacial score (nSPS) is 13.7. The molecule has 0 aromatic heterocycles. The highest BCUT2D eigenvalue weighted by Crippen LogP contribution is 2.32. The summed E-state index contributed by atoms with van der Waals surface area (Å²) in [7, 11) is 0. The molecule has 0 spiro atoms. The first-order valence-corrected chi connectivity index (χ1v) is 6.31. The summed E-state index contributed by atoms with van der Waals surface area (Å²) in [6.07, 6.45) is -0.100. The SMILES string of the molecule is CC(C)(CC(=O)Nc1ccc2c(c1)OCCO2)C(=O)O. The molecule has 2 rings (SSSR count). The molecule has 0 fully saturated rings. The number of anilines is 1. The molecule has 0 aliphatic carbocycles. The molecule has 0 saturated carbocycles. The van der Waals surface area contributed by atoms with Gasteiger partial charge in [0.05, 0.1) is 5.41 Å². The van der Waals surface area contributed by atoms with Crippen molar-refractivity contribution in [2.45, 2.75) is 20.3 Å². The first-order valence-electron chi connectivity index (χ1n) is 6.31. The summed E-state index contributed by atoms with van der Waals surface area (Å²) in [6.45, 7) is 4.00. The Morgan fingerprint density at radius 1 is 1.25 bits per heavy atom. The lowest BCUT2D eigenvalue weighted by Crippen LogP contribution is -2.29. The van der Waals surface area contributed by atoms with E-state index in [2.05, 4.69) is 5.32 Å². The second kappa shape index (κ2) is 5.40. The van der Waals surface area contributed by atoms with Crippen molar-refractivity contribution in [2.24, 2.45) is 5.41 Å². The third kappa shape index (κ3) is 3.20. The Bertz CT molecular complexity index is 538. The number of aliphatic carboxylic acids is 1. The van der Waals surface area contributed by atoms with Gasteiger partial charge in [-0.3, -0.25) is 9.59 Å². The second-order valence-corrected chi connectivity index (χ2v) is 5.27. The van der Waals surface area contributed by atoms with Gasteiger partial charge in [0.25, 0.3) is 0 Å². The highest BCUT2D eigenvalue weighted by atomic mass is 16.6. The fourth-order valence-corrected chi connectivity index (χ4v) is 1.80. The van der Waals surface area contributed by atoms with Crippen LogP contribution in [0.4, 0.5) is 5.69 Å². The molecule has 1 heterocycles. The van der Waals surface area contributed by atoms with Crippen LogP contribution in [-0.2, 0) is 9.59 Å². The number of fused-ring (bicyclic) bond motifs is 1. The van der Waals surface area contributed by atoms with Crippen molar-refractivity contribution in [3.05, 3.63) is 18.2 Å². The van der Waals surface area contributed by atoms with Crippen LogP contribution in [0.2, 0.25) is 0 Å². The maximum absolute atomic E-state index is 11.9. The van der Waals surface area contributed by atoms with Crippen LogP contribution in [0.1, 0.15) is 20.3 Å². The molecule has 1 aromatic carbocycles. The van der Waals surface area contributed by atoms with Gasteiger partial charge in [-0.15, -0.1) is 0 Å². The lowest BCUT2D eigenvalue weighted by molar-refractivity contribution is -0.148. The van der Waals surface area contributed by atoms with Gasteiger partial charge in [-0.2, -0.15) is 0 Å². The molecule has 2 N–H and O–H groups in total. The highest BCUT2D eigenvalue weighted by Gasteiger charge is 2.30. The number of carbonyl (C=O) groups excluding carboxylic acids is 1. The molecule has 6 nitrogen and oxygen atoms in total. The Morgan fingerprint density at radius 3 is 2.55 bits per heavy atom. The smallest absolute Gasteiger partial charge is 0.309 e. The van der Waals surface area contributed by atoms with Gasteiger partial charge in [0.2, 0.25) is 5.91 Å². The fraction of sp³-hybridized carbons (Fsp3) is 0.429. The number of nitrogens with one attached hydrogen (secondary N) is 1. The van der Waals surface area contributed by atoms with Crippen LogP contribution in [0.5, 0.6) is 11.5 Å². The van der Waals surface area contributed by atoms with Gasteiger partial charge < -0.3 is 19.9 Å². The summed E-state index contributed by atoms with van der Waals surface area (Å²) in [5.74, 6) is -0.143. The van der Waals surface area contributed by atoms with E-state index >= 15 is 0 Å². The molecule has 0 saturated heterocycles. The van der Waals surface area contributed by atoms with E-state index in [0.29, 0.717) is 30.4 Å². The zero-order valence-corrected chi connectivity index (χ0v) is 11.4. The predicted octanol–water partition coefficient (Wildman–Crippen LogP) is 1.90. The van der Waals surface area contributed by atoms with E-state index in [1.165, 1.54) is 13.8 Å². The van der Waals surface area contributed by atoms with E-state index in [9.17, 15) is 9.59 Å².